The standard InChI is InChI=1S/C11H15N5O4S/c1-3-12-11-13-4-8(5-14-11)21(19,20)16-6-9(17)15-10(18)7(16)2/h4-5,7H,3,6H2,1-2H3,(H,12,13,14)(H,15,17,18). The number of sulfonamides is 1. The molecule has 0 bridgehead atoms. The summed E-state index contributed by atoms with van der Waals surface area (Å²) in [6, 6.07) is -0.971. The number of hydrogen-bond acceptors (Lipinski definition) is 7. The molecule has 1 saturated heterocycles. The van der Waals surface area contributed by atoms with Crippen molar-refractivity contribution in [2.45, 2.75) is 24.8 Å². The van der Waals surface area contributed by atoms with Crippen molar-refractivity contribution < 1.29 is 18.0 Å². The van der Waals surface area contributed by atoms with Gasteiger partial charge >= 0.3 is 0 Å². The third kappa shape index (κ3) is 3.00. The van der Waals surface area contributed by atoms with Gasteiger partial charge in [-0.3, -0.25) is 14.9 Å². The van der Waals surface area contributed by atoms with Crippen LogP contribution in [0, 0.1) is 0 Å². The van der Waals surface area contributed by atoms with Crippen molar-refractivity contribution in [3.05, 3.63) is 12.4 Å². The van der Waals surface area contributed by atoms with Gasteiger partial charge in [0, 0.05) is 6.54 Å². The molecule has 1 atom stereocenters. The Kier molecular flexibility index (Phi) is 4.19. The summed E-state index contributed by atoms with van der Waals surface area (Å²) in [5, 5.41) is 4.92. The van der Waals surface area contributed by atoms with Crippen LogP contribution in [0.3, 0.4) is 0 Å². The van der Waals surface area contributed by atoms with Gasteiger partial charge in [-0.15, -0.1) is 0 Å². The molecule has 0 saturated carbocycles. The van der Waals surface area contributed by atoms with E-state index >= 15 is 0 Å². The zero-order valence-corrected chi connectivity index (χ0v) is 12.3. The van der Waals surface area contributed by atoms with Gasteiger partial charge in [0.1, 0.15) is 10.9 Å². The van der Waals surface area contributed by atoms with E-state index in [-0.39, 0.29) is 4.90 Å². The highest BCUT2D eigenvalue weighted by molar-refractivity contribution is 7.89. The van der Waals surface area contributed by atoms with E-state index in [9.17, 15) is 18.0 Å². The summed E-state index contributed by atoms with van der Waals surface area (Å²) in [4.78, 5) is 30.5. The van der Waals surface area contributed by atoms with Crippen molar-refractivity contribution in [1.82, 2.24) is 19.6 Å². The number of carbonyl (C=O) groups excluding carboxylic acids is 2. The summed E-state index contributed by atoms with van der Waals surface area (Å²) in [5.41, 5.74) is 0. The molecule has 0 radical (unpaired) electrons. The lowest BCUT2D eigenvalue weighted by atomic mass is 10.2. The average Bonchev–Trinajstić information content (AvgIpc) is 2.43. The quantitative estimate of drug-likeness (QED) is 0.680. The van der Waals surface area contributed by atoms with E-state index in [0.717, 1.165) is 16.7 Å². The van der Waals surface area contributed by atoms with Crippen molar-refractivity contribution in [2.24, 2.45) is 0 Å². The smallest absolute Gasteiger partial charge is 0.247 e. The molecule has 2 amide bonds. The molecule has 1 unspecified atom stereocenters. The number of rotatable bonds is 4. The molecule has 10 heteroatoms. The van der Waals surface area contributed by atoms with Crippen LogP contribution in [-0.2, 0) is 19.6 Å². The van der Waals surface area contributed by atoms with Gasteiger partial charge in [-0.25, -0.2) is 18.4 Å². The van der Waals surface area contributed by atoms with Crippen LogP contribution in [0.4, 0.5) is 5.95 Å². The number of amides is 2. The van der Waals surface area contributed by atoms with Crippen LogP contribution in [0.15, 0.2) is 17.3 Å². The van der Waals surface area contributed by atoms with Crippen LogP contribution in [0.1, 0.15) is 13.8 Å². The molecule has 2 N–H and O–H groups in total. The van der Waals surface area contributed by atoms with E-state index in [1.165, 1.54) is 6.92 Å². The number of nitrogens with zero attached hydrogens (tertiary/aromatic N) is 3. The number of aromatic nitrogens is 2. The molecule has 1 fully saturated rings. The summed E-state index contributed by atoms with van der Waals surface area (Å²) >= 11 is 0. The Hall–Kier alpha value is -2.07. The van der Waals surface area contributed by atoms with E-state index in [0.29, 0.717) is 12.5 Å². The van der Waals surface area contributed by atoms with Gasteiger partial charge in [0.05, 0.1) is 18.9 Å². The molecular weight excluding hydrogens is 298 g/mol. The minimum atomic E-state index is -4.01. The van der Waals surface area contributed by atoms with Gasteiger partial charge in [-0.1, -0.05) is 0 Å². The zero-order chi connectivity index (χ0) is 15.6. The van der Waals surface area contributed by atoms with E-state index < -0.39 is 34.4 Å². The van der Waals surface area contributed by atoms with Gasteiger partial charge in [0.25, 0.3) is 0 Å². The Labute approximate surface area is 121 Å². The second-order valence-electron chi connectivity index (χ2n) is 4.41. The molecule has 0 spiro atoms. The van der Waals surface area contributed by atoms with Gasteiger partial charge in [0.15, 0.2) is 0 Å². The Morgan fingerprint density at radius 2 is 2.00 bits per heavy atom. The maximum atomic E-state index is 12.5. The molecule has 2 rings (SSSR count). The van der Waals surface area contributed by atoms with E-state index in [1.54, 1.807) is 0 Å². The first kappa shape index (κ1) is 15.3. The fraction of sp³-hybridized carbons (Fsp3) is 0.455. The zero-order valence-electron chi connectivity index (χ0n) is 11.5. The number of imide groups is 1. The molecule has 2 heterocycles. The predicted molar refractivity (Wildman–Crippen MR) is 72.7 cm³/mol. The first-order chi connectivity index (χ1) is 9.86. The van der Waals surface area contributed by atoms with E-state index in [2.05, 4.69) is 20.6 Å². The summed E-state index contributed by atoms with van der Waals surface area (Å²) in [6.45, 7) is 3.45. The maximum Gasteiger partial charge on any atom is 0.247 e. The normalized spacial score (nSPS) is 20.2. The van der Waals surface area contributed by atoms with Gasteiger partial charge in [-0.05, 0) is 13.8 Å². The SMILES string of the molecule is CCNc1ncc(S(=O)(=O)N2CC(=O)NC(=O)C2C)cn1. The average molecular weight is 313 g/mol. The minimum Gasteiger partial charge on any atom is -0.355 e. The monoisotopic (exact) mass is 313 g/mol. The van der Waals surface area contributed by atoms with Crippen LogP contribution in [-0.4, -0.2) is 53.6 Å². The first-order valence-electron chi connectivity index (χ1n) is 6.27. The Bertz CT molecular complexity index is 658. The highest BCUT2D eigenvalue weighted by atomic mass is 32.2. The molecule has 1 aromatic rings. The van der Waals surface area contributed by atoms with Gasteiger partial charge < -0.3 is 5.32 Å². The van der Waals surface area contributed by atoms with Crippen LogP contribution < -0.4 is 10.6 Å². The van der Waals surface area contributed by atoms with Crippen LogP contribution in [0.5, 0.6) is 0 Å². The number of hydrogen-bond donors (Lipinski definition) is 2. The number of nitrogens with one attached hydrogen (secondary N) is 2. The molecule has 1 aromatic heterocycles. The minimum absolute atomic E-state index is 0.168. The molecule has 0 aromatic carbocycles. The van der Waals surface area contributed by atoms with Crippen LogP contribution in [0.25, 0.3) is 0 Å². The summed E-state index contributed by atoms with van der Waals surface area (Å²) in [5.74, 6) is -1.01. The first-order valence-corrected chi connectivity index (χ1v) is 7.71. The van der Waals surface area contributed by atoms with Gasteiger partial charge in [-0.2, -0.15) is 4.31 Å². The molecular formula is C11H15N5O4S. The Morgan fingerprint density at radius 1 is 1.38 bits per heavy atom. The van der Waals surface area contributed by atoms with E-state index in [4.69, 9.17) is 0 Å². The molecule has 0 aliphatic carbocycles. The summed E-state index contributed by atoms with van der Waals surface area (Å²) in [7, 11) is -4.01. The lowest BCUT2D eigenvalue weighted by Crippen LogP contribution is -2.58. The second-order valence-corrected chi connectivity index (χ2v) is 6.30. The fourth-order valence-electron chi connectivity index (χ4n) is 1.82. The number of carbonyl (C=O) groups is 2. The lowest BCUT2D eigenvalue weighted by Gasteiger charge is -2.30. The molecule has 114 valence electrons. The van der Waals surface area contributed by atoms with Crippen molar-refractivity contribution in [1.29, 1.82) is 0 Å². The van der Waals surface area contributed by atoms with Crippen LogP contribution in [0.2, 0.25) is 0 Å². The largest absolute Gasteiger partial charge is 0.355 e. The van der Waals surface area contributed by atoms with Crippen molar-refractivity contribution in [3.8, 4) is 0 Å². The van der Waals surface area contributed by atoms with Crippen molar-refractivity contribution in [2.75, 3.05) is 18.4 Å². The highest BCUT2D eigenvalue weighted by Crippen LogP contribution is 2.19. The van der Waals surface area contributed by atoms with Gasteiger partial charge in [0.2, 0.25) is 27.8 Å². The lowest BCUT2D eigenvalue weighted by molar-refractivity contribution is -0.136. The van der Waals surface area contributed by atoms with E-state index in [1.807, 2.05) is 6.92 Å². The molecule has 9 nitrogen and oxygen atoms in total. The molecule has 21 heavy (non-hydrogen) atoms. The summed E-state index contributed by atoms with van der Waals surface area (Å²) in [6.07, 6.45) is 2.29. The molecule has 1 aliphatic heterocycles. The topological polar surface area (TPSA) is 121 Å². The third-order valence-corrected chi connectivity index (χ3v) is 4.81. The van der Waals surface area contributed by atoms with Crippen LogP contribution >= 0.6 is 0 Å². The van der Waals surface area contributed by atoms with Crippen molar-refractivity contribution >= 4 is 27.8 Å². The molecule has 1 aliphatic rings. The third-order valence-electron chi connectivity index (χ3n) is 2.94. The Balaban J connectivity index is 2.32. The number of piperazine rings is 1. The highest BCUT2D eigenvalue weighted by Gasteiger charge is 2.39. The fourth-order valence-corrected chi connectivity index (χ4v) is 3.26. The van der Waals surface area contributed by atoms with Crippen molar-refractivity contribution in [3.63, 3.8) is 0 Å². The Morgan fingerprint density at radius 3 is 2.57 bits per heavy atom. The number of anilines is 1. The maximum absolute atomic E-state index is 12.5. The predicted octanol–water partition coefficient (Wildman–Crippen LogP) is -1.06. The second kappa shape index (κ2) is 5.74. The summed E-state index contributed by atoms with van der Waals surface area (Å²) < 4.78 is 25.7.